The summed E-state index contributed by atoms with van der Waals surface area (Å²) in [5.41, 5.74) is 2.55. The molecule has 0 aliphatic rings. The van der Waals surface area contributed by atoms with Gasteiger partial charge in [-0.1, -0.05) is 39.8 Å². The van der Waals surface area contributed by atoms with Gasteiger partial charge in [0.2, 0.25) is 0 Å². The molecule has 0 radical (unpaired) electrons. The maximum atomic E-state index is 11.0. The van der Waals surface area contributed by atoms with Crippen molar-refractivity contribution in [3.05, 3.63) is 34.9 Å². The van der Waals surface area contributed by atoms with Crippen molar-refractivity contribution < 1.29 is 12.8 Å². The van der Waals surface area contributed by atoms with Crippen molar-refractivity contribution in [1.29, 1.82) is 0 Å². The topological polar surface area (TPSA) is 37.3 Å². The molecular formula is C13H20CaO2. The molecule has 0 saturated carbocycles. The Morgan fingerprint density at radius 1 is 1.19 bits per heavy atom. The van der Waals surface area contributed by atoms with Gasteiger partial charge in [-0.25, -0.2) is 4.79 Å². The third-order valence-corrected chi connectivity index (χ3v) is 2.59. The number of carboxylic acid groups (broad SMARTS) is 1. The molecule has 0 aromatic heterocycles. The first kappa shape index (κ1) is 15.9. The van der Waals surface area contributed by atoms with Crippen LogP contribution in [0.1, 0.15) is 63.9 Å². The second-order valence-electron chi connectivity index (χ2n) is 4.46. The van der Waals surface area contributed by atoms with Gasteiger partial charge in [0.1, 0.15) is 0 Å². The van der Waals surface area contributed by atoms with E-state index in [4.69, 9.17) is 5.11 Å². The van der Waals surface area contributed by atoms with Crippen LogP contribution in [0.15, 0.2) is 18.2 Å². The van der Waals surface area contributed by atoms with E-state index in [1.165, 1.54) is 5.56 Å². The molecule has 0 spiro atoms. The van der Waals surface area contributed by atoms with E-state index in [-0.39, 0.29) is 46.5 Å². The Bertz CT molecular complexity index is 379. The van der Waals surface area contributed by atoms with Gasteiger partial charge in [0, 0.05) is 0 Å². The number of hydrogen-bond acceptors (Lipinski definition) is 1. The van der Waals surface area contributed by atoms with Crippen LogP contribution in [0, 0.1) is 0 Å². The second-order valence-corrected chi connectivity index (χ2v) is 4.46. The Morgan fingerprint density at radius 3 is 2.12 bits per heavy atom. The molecule has 1 aromatic rings. The summed E-state index contributed by atoms with van der Waals surface area (Å²) >= 11 is 0. The van der Waals surface area contributed by atoms with Gasteiger partial charge in [-0.05, 0) is 29.0 Å². The van der Waals surface area contributed by atoms with Gasteiger partial charge in [-0.15, -0.1) is 0 Å². The minimum Gasteiger partial charge on any atom is -1.00 e. The molecule has 0 heterocycles. The molecule has 0 atom stereocenters. The monoisotopic (exact) mass is 248 g/mol. The maximum absolute atomic E-state index is 11.0. The predicted octanol–water partition coefficient (Wildman–Crippen LogP) is 3.48. The fourth-order valence-corrected chi connectivity index (χ4v) is 1.61. The maximum Gasteiger partial charge on any atom is 2.00 e. The average Bonchev–Trinajstić information content (AvgIpc) is 2.16. The van der Waals surface area contributed by atoms with Crippen molar-refractivity contribution in [2.75, 3.05) is 0 Å². The van der Waals surface area contributed by atoms with E-state index < -0.39 is 5.97 Å². The van der Waals surface area contributed by atoms with Crippen LogP contribution in [-0.4, -0.2) is 48.8 Å². The zero-order valence-corrected chi connectivity index (χ0v) is 12.7. The van der Waals surface area contributed by atoms with Crippen molar-refractivity contribution in [2.45, 2.75) is 39.5 Å². The van der Waals surface area contributed by atoms with Crippen molar-refractivity contribution in [1.82, 2.24) is 0 Å². The van der Waals surface area contributed by atoms with Gasteiger partial charge in [0.25, 0.3) is 0 Å². The molecule has 86 valence electrons. The number of rotatable bonds is 3. The second kappa shape index (κ2) is 6.63. The first-order valence-electron chi connectivity index (χ1n) is 5.30. The summed E-state index contributed by atoms with van der Waals surface area (Å²) in [6.45, 7) is 8.26. The number of carboxylic acids is 1. The standard InChI is InChI=1S/C13H18O2.Ca.2H/c1-8(2)10-5-6-11(13(14)15)12(7-10)9(3)4;;;/h5-9H,1-4H3,(H,14,15);;;/q;+2;2*-1. The molecule has 0 bridgehead atoms. The van der Waals surface area contributed by atoms with E-state index in [1.54, 1.807) is 6.07 Å². The summed E-state index contributed by atoms with van der Waals surface area (Å²) in [5, 5.41) is 9.04. The van der Waals surface area contributed by atoms with Gasteiger partial charge in [0.05, 0.1) is 5.56 Å². The molecule has 0 aliphatic heterocycles. The Hall–Kier alpha value is -0.0503. The first-order chi connectivity index (χ1) is 6.93. The van der Waals surface area contributed by atoms with Crippen molar-refractivity contribution >= 4 is 43.7 Å². The van der Waals surface area contributed by atoms with E-state index in [1.807, 2.05) is 26.0 Å². The molecule has 3 heteroatoms. The zero-order valence-electron chi connectivity index (χ0n) is 12.4. The van der Waals surface area contributed by atoms with Crippen LogP contribution in [-0.2, 0) is 0 Å². The number of benzene rings is 1. The fourth-order valence-electron chi connectivity index (χ4n) is 1.61. The van der Waals surface area contributed by atoms with Gasteiger partial charge >= 0.3 is 43.7 Å². The third-order valence-electron chi connectivity index (χ3n) is 2.59. The number of hydrogen-bond donors (Lipinski definition) is 1. The predicted molar refractivity (Wildman–Crippen MR) is 69.6 cm³/mol. The molecule has 1 aromatic carbocycles. The Morgan fingerprint density at radius 2 is 1.75 bits per heavy atom. The minimum atomic E-state index is -0.839. The summed E-state index contributed by atoms with van der Waals surface area (Å²) < 4.78 is 0. The van der Waals surface area contributed by atoms with E-state index in [2.05, 4.69) is 13.8 Å². The number of carbonyl (C=O) groups is 1. The molecule has 1 N–H and O–H groups in total. The van der Waals surface area contributed by atoms with Crippen molar-refractivity contribution in [3.8, 4) is 0 Å². The Kier molecular flexibility index (Phi) is 6.61. The SMILES string of the molecule is CC(C)c1ccc(C(=O)O)c(C(C)C)c1.[Ca+2].[H-].[H-]. The molecule has 16 heavy (non-hydrogen) atoms. The van der Waals surface area contributed by atoms with E-state index in [9.17, 15) is 4.79 Å². The number of aromatic carboxylic acids is 1. The van der Waals surface area contributed by atoms with Crippen LogP contribution in [0.3, 0.4) is 0 Å². The van der Waals surface area contributed by atoms with E-state index in [0.29, 0.717) is 11.5 Å². The minimum absolute atomic E-state index is 0. The molecule has 1 rings (SSSR count). The summed E-state index contributed by atoms with van der Waals surface area (Å²) in [5.74, 6) is -0.158. The molecule has 0 aliphatic carbocycles. The average molecular weight is 248 g/mol. The quantitative estimate of drug-likeness (QED) is 0.832. The van der Waals surface area contributed by atoms with Crippen LogP contribution < -0.4 is 0 Å². The van der Waals surface area contributed by atoms with Crippen LogP contribution in [0.5, 0.6) is 0 Å². The molecule has 0 unspecified atom stereocenters. The van der Waals surface area contributed by atoms with Crippen molar-refractivity contribution in [2.24, 2.45) is 0 Å². The molecule has 0 fully saturated rings. The summed E-state index contributed by atoms with van der Waals surface area (Å²) in [4.78, 5) is 11.0. The van der Waals surface area contributed by atoms with Gasteiger partial charge < -0.3 is 7.96 Å². The molecule has 2 nitrogen and oxygen atoms in total. The summed E-state index contributed by atoms with van der Waals surface area (Å²) in [6.07, 6.45) is 0. The summed E-state index contributed by atoms with van der Waals surface area (Å²) in [7, 11) is 0. The van der Waals surface area contributed by atoms with E-state index in [0.717, 1.165) is 5.56 Å². The molecule has 0 amide bonds. The van der Waals surface area contributed by atoms with Crippen LogP contribution in [0.25, 0.3) is 0 Å². The van der Waals surface area contributed by atoms with Gasteiger partial charge in [-0.2, -0.15) is 0 Å². The van der Waals surface area contributed by atoms with Gasteiger partial charge in [-0.3, -0.25) is 0 Å². The Labute approximate surface area is 130 Å². The summed E-state index contributed by atoms with van der Waals surface area (Å²) in [6, 6.07) is 5.63. The molecule has 0 saturated heterocycles. The van der Waals surface area contributed by atoms with Crippen LogP contribution >= 0.6 is 0 Å². The fraction of sp³-hybridized carbons (Fsp3) is 0.462. The van der Waals surface area contributed by atoms with E-state index >= 15 is 0 Å². The zero-order chi connectivity index (χ0) is 11.6. The smallest absolute Gasteiger partial charge is 1.00 e. The van der Waals surface area contributed by atoms with Crippen molar-refractivity contribution in [3.63, 3.8) is 0 Å². The Balaban J connectivity index is -0.000000750. The normalized spacial score (nSPS) is 10.4. The molecular weight excluding hydrogens is 228 g/mol. The largest absolute Gasteiger partial charge is 2.00 e. The van der Waals surface area contributed by atoms with Gasteiger partial charge in [0.15, 0.2) is 0 Å². The third kappa shape index (κ3) is 3.76. The van der Waals surface area contributed by atoms with Crippen LogP contribution in [0.4, 0.5) is 0 Å². The van der Waals surface area contributed by atoms with Crippen LogP contribution in [0.2, 0.25) is 0 Å². The first-order valence-corrected chi connectivity index (χ1v) is 5.30.